The minimum absolute atomic E-state index is 0.0189. The predicted octanol–water partition coefficient (Wildman–Crippen LogP) is 3.15. The van der Waals surface area contributed by atoms with E-state index in [-0.39, 0.29) is 17.7 Å². The topological polar surface area (TPSA) is 50.1 Å². The zero-order valence-electron chi connectivity index (χ0n) is 9.99. The summed E-state index contributed by atoms with van der Waals surface area (Å²) in [4.78, 5) is 11.1. The smallest absolute Gasteiger partial charge is 0.416 e. The Morgan fingerprint density at radius 2 is 2.16 bits per heavy atom. The molecule has 0 radical (unpaired) electrons. The molecule has 0 aliphatic carbocycles. The molecule has 0 N–H and O–H groups in total. The van der Waals surface area contributed by atoms with Gasteiger partial charge in [0.05, 0.1) is 23.8 Å². The van der Waals surface area contributed by atoms with Crippen LogP contribution in [-0.2, 0) is 15.7 Å². The van der Waals surface area contributed by atoms with Crippen LogP contribution in [0.15, 0.2) is 24.3 Å². The number of carbonyl (C=O) groups is 1. The Morgan fingerprint density at radius 3 is 2.68 bits per heavy atom. The number of benzene rings is 1. The van der Waals surface area contributed by atoms with Crippen molar-refractivity contribution in [3.63, 3.8) is 0 Å². The van der Waals surface area contributed by atoms with Crippen LogP contribution in [0.2, 0.25) is 0 Å². The maximum absolute atomic E-state index is 12.5. The van der Waals surface area contributed by atoms with Crippen LogP contribution in [0.4, 0.5) is 13.2 Å². The van der Waals surface area contributed by atoms with Gasteiger partial charge in [-0.15, -0.1) is 0 Å². The molecule has 0 bridgehead atoms. The van der Waals surface area contributed by atoms with Crippen LogP contribution in [0.25, 0.3) is 6.08 Å². The Bertz CT molecular complexity index is 542. The van der Waals surface area contributed by atoms with Crippen molar-refractivity contribution >= 4 is 12.0 Å². The summed E-state index contributed by atoms with van der Waals surface area (Å²) in [7, 11) is 0. The van der Waals surface area contributed by atoms with E-state index >= 15 is 0 Å². The van der Waals surface area contributed by atoms with Gasteiger partial charge in [-0.05, 0) is 36.8 Å². The standard InChI is InChI=1S/C13H10F3NO2/c1-2-19-12(18)6-4-9-7-11(13(14,15)16)5-3-10(9)8-17/h3-7H,2H2,1H3/b6-4+. The van der Waals surface area contributed by atoms with Gasteiger partial charge in [0.15, 0.2) is 0 Å². The summed E-state index contributed by atoms with van der Waals surface area (Å²) in [6.07, 6.45) is -2.38. The largest absolute Gasteiger partial charge is 0.463 e. The highest BCUT2D eigenvalue weighted by molar-refractivity contribution is 5.87. The number of halogens is 3. The van der Waals surface area contributed by atoms with Crippen LogP contribution >= 0.6 is 0 Å². The molecule has 1 aromatic rings. The molecule has 0 unspecified atom stereocenters. The van der Waals surface area contributed by atoms with Crippen molar-refractivity contribution in [2.75, 3.05) is 6.61 Å². The molecule has 19 heavy (non-hydrogen) atoms. The molecule has 0 saturated heterocycles. The molecule has 0 aliphatic heterocycles. The van der Waals surface area contributed by atoms with Crippen LogP contribution in [-0.4, -0.2) is 12.6 Å². The van der Waals surface area contributed by atoms with E-state index in [1.54, 1.807) is 13.0 Å². The molecule has 0 aliphatic rings. The van der Waals surface area contributed by atoms with Crippen LogP contribution < -0.4 is 0 Å². The Balaban J connectivity index is 3.11. The van der Waals surface area contributed by atoms with Gasteiger partial charge >= 0.3 is 12.1 Å². The van der Waals surface area contributed by atoms with E-state index in [1.165, 1.54) is 0 Å². The third-order valence-corrected chi connectivity index (χ3v) is 2.18. The third kappa shape index (κ3) is 4.14. The van der Waals surface area contributed by atoms with Gasteiger partial charge in [-0.3, -0.25) is 0 Å². The minimum Gasteiger partial charge on any atom is -0.463 e. The van der Waals surface area contributed by atoms with Gasteiger partial charge in [0.1, 0.15) is 0 Å². The molecular weight excluding hydrogens is 259 g/mol. The van der Waals surface area contributed by atoms with Crippen LogP contribution in [0.5, 0.6) is 0 Å². The van der Waals surface area contributed by atoms with E-state index in [1.807, 2.05) is 0 Å². The summed E-state index contributed by atoms with van der Waals surface area (Å²) < 4.78 is 42.2. The number of hydrogen-bond acceptors (Lipinski definition) is 3. The van der Waals surface area contributed by atoms with E-state index in [4.69, 9.17) is 5.26 Å². The number of rotatable bonds is 3. The van der Waals surface area contributed by atoms with Gasteiger partial charge in [-0.1, -0.05) is 0 Å². The summed E-state index contributed by atoms with van der Waals surface area (Å²) in [5.41, 5.74) is -0.811. The lowest BCUT2D eigenvalue weighted by Gasteiger charge is -2.08. The molecule has 0 amide bonds. The first-order valence-electron chi connectivity index (χ1n) is 5.34. The van der Waals surface area contributed by atoms with E-state index in [0.29, 0.717) is 0 Å². The van der Waals surface area contributed by atoms with E-state index in [2.05, 4.69) is 4.74 Å². The predicted molar refractivity (Wildman–Crippen MR) is 61.8 cm³/mol. The summed E-state index contributed by atoms with van der Waals surface area (Å²) >= 11 is 0. The molecule has 0 aromatic heterocycles. The van der Waals surface area contributed by atoms with E-state index < -0.39 is 17.7 Å². The Hall–Kier alpha value is -2.29. The molecule has 100 valence electrons. The van der Waals surface area contributed by atoms with Crippen molar-refractivity contribution in [1.29, 1.82) is 5.26 Å². The number of nitriles is 1. The summed E-state index contributed by atoms with van der Waals surface area (Å²) in [6, 6.07) is 4.46. The molecule has 3 nitrogen and oxygen atoms in total. The maximum atomic E-state index is 12.5. The number of ether oxygens (including phenoxy) is 1. The third-order valence-electron chi connectivity index (χ3n) is 2.18. The first-order chi connectivity index (χ1) is 8.88. The van der Waals surface area contributed by atoms with Gasteiger partial charge in [0.25, 0.3) is 0 Å². The van der Waals surface area contributed by atoms with Crippen molar-refractivity contribution in [3.8, 4) is 6.07 Å². The van der Waals surface area contributed by atoms with E-state index in [0.717, 1.165) is 30.4 Å². The van der Waals surface area contributed by atoms with Crippen LogP contribution in [0, 0.1) is 11.3 Å². The normalized spacial score (nSPS) is 11.3. The van der Waals surface area contributed by atoms with Gasteiger partial charge in [0.2, 0.25) is 0 Å². The zero-order chi connectivity index (χ0) is 14.5. The SMILES string of the molecule is CCOC(=O)/C=C/c1cc(C(F)(F)F)ccc1C#N. The highest BCUT2D eigenvalue weighted by atomic mass is 19.4. The maximum Gasteiger partial charge on any atom is 0.416 e. The molecule has 6 heteroatoms. The van der Waals surface area contributed by atoms with Crippen molar-refractivity contribution in [1.82, 2.24) is 0 Å². The van der Waals surface area contributed by atoms with Crippen molar-refractivity contribution < 1.29 is 22.7 Å². The van der Waals surface area contributed by atoms with Crippen LogP contribution in [0.3, 0.4) is 0 Å². The second-order valence-corrected chi connectivity index (χ2v) is 3.50. The fourth-order valence-corrected chi connectivity index (χ4v) is 1.33. The second kappa shape index (κ2) is 6.05. The van der Waals surface area contributed by atoms with Gasteiger partial charge in [0, 0.05) is 6.08 Å². The molecule has 1 aromatic carbocycles. The minimum atomic E-state index is -4.50. The van der Waals surface area contributed by atoms with Gasteiger partial charge < -0.3 is 4.74 Å². The lowest BCUT2D eigenvalue weighted by atomic mass is 10.0. The summed E-state index contributed by atoms with van der Waals surface area (Å²) in [5, 5.41) is 8.80. The zero-order valence-corrected chi connectivity index (χ0v) is 9.99. The van der Waals surface area contributed by atoms with Crippen molar-refractivity contribution in [2.45, 2.75) is 13.1 Å². The van der Waals surface area contributed by atoms with E-state index in [9.17, 15) is 18.0 Å². The number of nitrogens with zero attached hydrogens (tertiary/aromatic N) is 1. The van der Waals surface area contributed by atoms with Crippen LogP contribution in [0.1, 0.15) is 23.6 Å². The van der Waals surface area contributed by atoms with Crippen molar-refractivity contribution in [3.05, 3.63) is 41.0 Å². The van der Waals surface area contributed by atoms with Crippen molar-refractivity contribution in [2.24, 2.45) is 0 Å². The van der Waals surface area contributed by atoms with Gasteiger partial charge in [-0.25, -0.2) is 4.79 Å². The molecule has 1 rings (SSSR count). The molecule has 0 fully saturated rings. The second-order valence-electron chi connectivity index (χ2n) is 3.50. The Kier molecular flexibility index (Phi) is 4.70. The number of alkyl halides is 3. The quantitative estimate of drug-likeness (QED) is 0.625. The Morgan fingerprint density at radius 1 is 1.47 bits per heavy atom. The number of esters is 1. The fourth-order valence-electron chi connectivity index (χ4n) is 1.33. The molecule has 0 heterocycles. The first-order valence-corrected chi connectivity index (χ1v) is 5.34. The summed E-state index contributed by atoms with van der Waals surface area (Å²) in [5.74, 6) is -0.677. The average molecular weight is 269 g/mol. The Labute approximate surface area is 107 Å². The first kappa shape index (κ1) is 14.8. The lowest BCUT2D eigenvalue weighted by Crippen LogP contribution is -2.05. The highest BCUT2D eigenvalue weighted by Gasteiger charge is 2.30. The molecule has 0 saturated carbocycles. The number of hydrogen-bond donors (Lipinski definition) is 0. The highest BCUT2D eigenvalue weighted by Crippen LogP contribution is 2.30. The molecular formula is C13H10F3NO2. The monoisotopic (exact) mass is 269 g/mol. The summed E-state index contributed by atoms with van der Waals surface area (Å²) in [6.45, 7) is 1.77. The average Bonchev–Trinajstić information content (AvgIpc) is 2.35. The lowest BCUT2D eigenvalue weighted by molar-refractivity contribution is -0.138. The number of carbonyl (C=O) groups excluding carboxylic acids is 1. The van der Waals surface area contributed by atoms with Gasteiger partial charge in [-0.2, -0.15) is 18.4 Å². The molecule has 0 spiro atoms. The molecule has 0 atom stereocenters. The fraction of sp³-hybridized carbons (Fsp3) is 0.231.